The van der Waals surface area contributed by atoms with Gasteiger partial charge < -0.3 is 4.98 Å². The molecular weight excluding hydrogens is 395 g/mol. The van der Waals surface area contributed by atoms with Crippen LogP contribution in [0.25, 0.3) is 55.8 Å². The topological polar surface area (TPSA) is 109 Å². The van der Waals surface area contributed by atoms with Crippen molar-refractivity contribution >= 4 is 21.9 Å². The lowest BCUT2D eigenvalue weighted by Crippen LogP contribution is -1.87. The third-order valence-corrected chi connectivity index (χ3v) is 5.09. The summed E-state index contributed by atoms with van der Waals surface area (Å²) in [6, 6.07) is 8.49. The van der Waals surface area contributed by atoms with Gasteiger partial charge in [0.15, 0.2) is 5.82 Å². The molecule has 8 nitrogen and oxygen atoms in total. The lowest BCUT2D eigenvalue weighted by atomic mass is 10.1. The van der Waals surface area contributed by atoms with Gasteiger partial charge in [-0.05, 0) is 12.1 Å². The second-order valence-corrected chi connectivity index (χ2v) is 6.96. The number of aromatic nitrogens is 8. The largest absolute Gasteiger partial charge is 0.335 e. The summed E-state index contributed by atoms with van der Waals surface area (Å²) in [7, 11) is 0. The molecule has 0 spiro atoms. The van der Waals surface area contributed by atoms with Crippen molar-refractivity contribution < 1.29 is 4.39 Å². The Morgan fingerprint density at radius 1 is 0.839 bits per heavy atom. The minimum atomic E-state index is -0.327. The number of fused-ring (bicyclic) bond motifs is 2. The number of aromatic amines is 2. The Hall–Kier alpha value is -4.53. The molecule has 0 aliphatic carbocycles. The number of benzene rings is 1. The third-order valence-electron chi connectivity index (χ3n) is 5.09. The molecule has 0 aliphatic rings. The summed E-state index contributed by atoms with van der Waals surface area (Å²) in [6.45, 7) is 0. The van der Waals surface area contributed by atoms with E-state index in [1.807, 2.05) is 6.07 Å². The Labute approximate surface area is 174 Å². The van der Waals surface area contributed by atoms with Crippen LogP contribution < -0.4 is 0 Å². The second-order valence-electron chi connectivity index (χ2n) is 6.96. The van der Waals surface area contributed by atoms with Gasteiger partial charge in [0.2, 0.25) is 0 Å². The van der Waals surface area contributed by atoms with Crippen molar-refractivity contribution in [3.63, 3.8) is 0 Å². The maximum Gasteiger partial charge on any atom is 0.159 e. The molecule has 0 atom stereocenters. The third kappa shape index (κ3) is 2.83. The molecule has 0 saturated carbocycles. The van der Waals surface area contributed by atoms with Crippen molar-refractivity contribution in [2.45, 2.75) is 0 Å². The molecule has 0 fully saturated rings. The average Bonchev–Trinajstić information content (AvgIpc) is 3.43. The number of hydrogen-bond donors (Lipinski definition) is 2. The van der Waals surface area contributed by atoms with Crippen LogP contribution in [-0.2, 0) is 0 Å². The zero-order valence-electron chi connectivity index (χ0n) is 15.9. The summed E-state index contributed by atoms with van der Waals surface area (Å²) in [6.07, 6.45) is 9.87. The maximum absolute atomic E-state index is 14.4. The van der Waals surface area contributed by atoms with Crippen LogP contribution in [-0.4, -0.2) is 40.1 Å². The van der Waals surface area contributed by atoms with Crippen molar-refractivity contribution in [3.05, 3.63) is 73.5 Å². The van der Waals surface area contributed by atoms with E-state index in [1.165, 1.54) is 12.4 Å². The summed E-state index contributed by atoms with van der Waals surface area (Å²) in [5, 5.41) is 8.26. The molecule has 6 rings (SSSR count). The lowest BCUT2D eigenvalue weighted by Gasteiger charge is -2.03. The molecule has 0 bridgehead atoms. The van der Waals surface area contributed by atoms with E-state index in [0.717, 1.165) is 22.2 Å². The first kappa shape index (κ1) is 17.3. The number of imidazole rings is 1. The first-order valence-electron chi connectivity index (χ1n) is 9.46. The summed E-state index contributed by atoms with van der Waals surface area (Å²) in [5.41, 5.74) is 5.29. The Morgan fingerprint density at radius 3 is 2.58 bits per heavy atom. The average molecular weight is 408 g/mol. The fourth-order valence-corrected chi connectivity index (χ4v) is 3.61. The summed E-state index contributed by atoms with van der Waals surface area (Å²) in [4.78, 5) is 24.8. The van der Waals surface area contributed by atoms with Gasteiger partial charge in [-0.25, -0.2) is 19.3 Å². The molecule has 0 unspecified atom stereocenters. The first-order chi connectivity index (χ1) is 15.3. The summed E-state index contributed by atoms with van der Waals surface area (Å²) < 4.78 is 14.4. The van der Waals surface area contributed by atoms with Crippen LogP contribution in [0.5, 0.6) is 0 Å². The molecule has 0 amide bonds. The van der Waals surface area contributed by atoms with Crippen molar-refractivity contribution in [2.24, 2.45) is 0 Å². The monoisotopic (exact) mass is 408 g/mol. The summed E-state index contributed by atoms with van der Waals surface area (Å²) >= 11 is 0. The van der Waals surface area contributed by atoms with Crippen molar-refractivity contribution in [1.29, 1.82) is 0 Å². The van der Waals surface area contributed by atoms with E-state index in [9.17, 15) is 4.39 Å². The van der Waals surface area contributed by atoms with Crippen LogP contribution >= 0.6 is 0 Å². The quantitative estimate of drug-likeness (QED) is 0.455. The minimum Gasteiger partial charge on any atom is -0.335 e. The Morgan fingerprint density at radius 2 is 1.71 bits per heavy atom. The van der Waals surface area contributed by atoms with Gasteiger partial charge in [-0.15, -0.1) is 0 Å². The zero-order chi connectivity index (χ0) is 20.8. The van der Waals surface area contributed by atoms with Crippen molar-refractivity contribution in [1.82, 2.24) is 40.1 Å². The molecule has 31 heavy (non-hydrogen) atoms. The van der Waals surface area contributed by atoms with Gasteiger partial charge in [-0.3, -0.25) is 15.1 Å². The predicted molar refractivity (Wildman–Crippen MR) is 113 cm³/mol. The van der Waals surface area contributed by atoms with E-state index in [2.05, 4.69) is 35.1 Å². The number of hydrogen-bond acceptors (Lipinski definition) is 6. The van der Waals surface area contributed by atoms with E-state index >= 15 is 0 Å². The van der Waals surface area contributed by atoms with E-state index in [-0.39, 0.29) is 5.82 Å². The van der Waals surface area contributed by atoms with Gasteiger partial charge in [0.25, 0.3) is 0 Å². The highest BCUT2D eigenvalue weighted by molar-refractivity contribution is 5.97. The highest BCUT2D eigenvalue weighted by Crippen LogP contribution is 2.32. The number of nitrogens with zero attached hydrogens (tertiary/aromatic N) is 6. The number of nitrogens with one attached hydrogen (secondary N) is 2. The van der Waals surface area contributed by atoms with Crippen molar-refractivity contribution in [2.75, 3.05) is 0 Å². The predicted octanol–water partition coefficient (Wildman–Crippen LogP) is 4.16. The van der Waals surface area contributed by atoms with Gasteiger partial charge in [0.1, 0.15) is 23.4 Å². The maximum atomic E-state index is 14.4. The lowest BCUT2D eigenvalue weighted by molar-refractivity contribution is 0.631. The Bertz CT molecular complexity index is 1550. The fourth-order valence-electron chi connectivity index (χ4n) is 3.61. The fraction of sp³-hybridized carbons (Fsp3) is 0. The molecule has 5 aromatic heterocycles. The molecule has 0 aliphatic heterocycles. The van der Waals surface area contributed by atoms with E-state index in [1.54, 1.807) is 49.2 Å². The van der Waals surface area contributed by atoms with E-state index in [4.69, 9.17) is 4.98 Å². The van der Waals surface area contributed by atoms with Gasteiger partial charge >= 0.3 is 0 Å². The normalized spacial score (nSPS) is 11.4. The van der Waals surface area contributed by atoms with Crippen LogP contribution in [0.1, 0.15) is 0 Å². The van der Waals surface area contributed by atoms with Crippen molar-refractivity contribution in [3.8, 4) is 33.9 Å². The Balaban J connectivity index is 1.53. The van der Waals surface area contributed by atoms with E-state index < -0.39 is 0 Å². The standard InChI is InChI=1S/C22H13FN8/c23-16-4-2-1-3-13(16)15-8-24-9-19-20(15)29-22(28-19)21-14-5-17(12-6-25-11-26-7-12)27-10-18(14)30-31-21/h1-11H,(H,28,29)(H,30,31). The molecule has 5 heterocycles. The molecule has 2 N–H and O–H groups in total. The first-order valence-corrected chi connectivity index (χ1v) is 9.46. The van der Waals surface area contributed by atoms with Crippen LogP contribution in [0, 0.1) is 5.82 Å². The molecule has 6 aromatic rings. The number of rotatable bonds is 3. The minimum absolute atomic E-state index is 0.327. The molecule has 9 heteroatoms. The number of H-pyrrole nitrogens is 2. The Kier molecular flexibility index (Phi) is 3.79. The molecular formula is C22H13FN8. The van der Waals surface area contributed by atoms with Crippen LogP contribution in [0.4, 0.5) is 4.39 Å². The second kappa shape index (κ2) is 6.77. The van der Waals surface area contributed by atoms with Gasteiger partial charge in [0.05, 0.1) is 29.1 Å². The highest BCUT2D eigenvalue weighted by atomic mass is 19.1. The zero-order valence-corrected chi connectivity index (χ0v) is 15.9. The summed E-state index contributed by atoms with van der Waals surface area (Å²) in [5.74, 6) is 0.223. The van der Waals surface area contributed by atoms with Gasteiger partial charge in [-0.1, -0.05) is 18.2 Å². The SMILES string of the molecule is Fc1ccccc1-c1cncc2[nH]c(-c3n[nH]c4cnc(-c5cncnc5)cc34)nc12. The smallest absolute Gasteiger partial charge is 0.159 e. The molecule has 1 aromatic carbocycles. The van der Waals surface area contributed by atoms with Gasteiger partial charge in [0, 0.05) is 40.7 Å². The number of pyridine rings is 2. The van der Waals surface area contributed by atoms with Crippen LogP contribution in [0.2, 0.25) is 0 Å². The highest BCUT2D eigenvalue weighted by Gasteiger charge is 2.17. The van der Waals surface area contributed by atoms with Gasteiger partial charge in [-0.2, -0.15) is 5.10 Å². The van der Waals surface area contributed by atoms with E-state index in [0.29, 0.717) is 33.7 Å². The molecule has 148 valence electrons. The number of halogens is 1. The molecule has 0 saturated heterocycles. The molecule has 0 radical (unpaired) electrons. The van der Waals surface area contributed by atoms with Crippen LogP contribution in [0.15, 0.2) is 67.6 Å². The van der Waals surface area contributed by atoms with Crippen LogP contribution in [0.3, 0.4) is 0 Å².